The largest absolute Gasteiger partial charge is 0.345 e. The highest BCUT2D eigenvalue weighted by molar-refractivity contribution is 5.93. The first kappa shape index (κ1) is 12.1. The first-order chi connectivity index (χ1) is 8.18. The van der Waals surface area contributed by atoms with Crippen molar-refractivity contribution < 1.29 is 4.79 Å². The van der Waals surface area contributed by atoms with Crippen LogP contribution >= 0.6 is 0 Å². The van der Waals surface area contributed by atoms with Crippen LogP contribution in [0.1, 0.15) is 35.7 Å². The molecule has 0 aliphatic carbocycles. The van der Waals surface area contributed by atoms with Crippen molar-refractivity contribution in [3.8, 4) is 0 Å². The van der Waals surface area contributed by atoms with E-state index in [1.54, 1.807) is 25.2 Å². The first-order valence-electron chi connectivity index (χ1n) is 6.15. The zero-order valence-corrected chi connectivity index (χ0v) is 10.5. The van der Waals surface area contributed by atoms with Gasteiger partial charge in [0.05, 0.1) is 17.8 Å². The van der Waals surface area contributed by atoms with Gasteiger partial charge in [-0.15, -0.1) is 0 Å². The maximum atomic E-state index is 11.8. The average molecular weight is 236 g/mol. The summed E-state index contributed by atoms with van der Waals surface area (Å²) < 4.78 is 1.95. The lowest BCUT2D eigenvalue weighted by Crippen LogP contribution is -2.21. The van der Waals surface area contributed by atoms with E-state index in [4.69, 9.17) is 0 Å². The molecule has 1 N–H and O–H groups in total. The summed E-state index contributed by atoms with van der Waals surface area (Å²) in [5, 5.41) is 7.70. The molecule has 5 nitrogen and oxygen atoms in total. The van der Waals surface area contributed by atoms with Crippen LogP contribution in [-0.2, 0) is 0 Å². The van der Waals surface area contributed by atoms with Crippen LogP contribution in [0, 0.1) is 0 Å². The zero-order chi connectivity index (χ0) is 12.3. The second kappa shape index (κ2) is 5.31. The van der Waals surface area contributed by atoms with Gasteiger partial charge in [0.25, 0.3) is 5.91 Å². The molecule has 1 aliphatic rings. The van der Waals surface area contributed by atoms with Crippen molar-refractivity contribution in [2.45, 2.75) is 25.3 Å². The maximum absolute atomic E-state index is 11.8. The van der Waals surface area contributed by atoms with Crippen LogP contribution in [0.3, 0.4) is 0 Å². The molecule has 5 heteroatoms. The molecule has 0 saturated carbocycles. The van der Waals surface area contributed by atoms with Crippen molar-refractivity contribution in [3.05, 3.63) is 18.0 Å². The highest BCUT2D eigenvalue weighted by Gasteiger charge is 2.17. The Balaban J connectivity index is 2.09. The molecule has 94 valence electrons. The van der Waals surface area contributed by atoms with Gasteiger partial charge in [-0.1, -0.05) is 0 Å². The Morgan fingerprint density at radius 1 is 1.47 bits per heavy atom. The lowest BCUT2D eigenvalue weighted by atomic mass is 10.1. The minimum Gasteiger partial charge on any atom is -0.345 e. The number of hydrogen-bond donors (Lipinski definition) is 1. The summed E-state index contributed by atoms with van der Waals surface area (Å²) in [5.74, 6) is 0.0167. The summed E-state index contributed by atoms with van der Waals surface area (Å²) in [7, 11) is 3.52. The van der Waals surface area contributed by atoms with Crippen molar-refractivity contribution in [1.29, 1.82) is 0 Å². The Morgan fingerprint density at radius 3 is 3.06 bits per heavy atom. The molecule has 1 aliphatic heterocycles. The number of nitrogens with one attached hydrogen (secondary N) is 1. The van der Waals surface area contributed by atoms with Gasteiger partial charge in [-0.25, -0.2) is 0 Å². The van der Waals surface area contributed by atoms with Crippen LogP contribution in [0.15, 0.2) is 12.4 Å². The maximum Gasteiger partial charge on any atom is 0.256 e. The number of hydrogen-bond acceptors (Lipinski definition) is 3. The summed E-state index contributed by atoms with van der Waals surface area (Å²) in [5.41, 5.74) is 0.673. The molecule has 1 fully saturated rings. The van der Waals surface area contributed by atoms with Crippen LogP contribution in [0.25, 0.3) is 0 Å². The first-order valence-corrected chi connectivity index (χ1v) is 6.15. The molecular formula is C12H20N4O. The van der Waals surface area contributed by atoms with Gasteiger partial charge in [0, 0.05) is 20.3 Å². The molecule has 1 aromatic heterocycles. The summed E-state index contributed by atoms with van der Waals surface area (Å²) in [4.78, 5) is 13.3. The fraction of sp³-hybridized carbons (Fsp3) is 0.667. The second-order valence-corrected chi connectivity index (χ2v) is 4.74. The molecular weight excluding hydrogens is 216 g/mol. The quantitative estimate of drug-likeness (QED) is 0.830. The fourth-order valence-electron chi connectivity index (χ4n) is 2.17. The van der Waals surface area contributed by atoms with Crippen LogP contribution in [0.5, 0.6) is 0 Å². The van der Waals surface area contributed by atoms with Crippen molar-refractivity contribution in [1.82, 2.24) is 20.0 Å². The third kappa shape index (κ3) is 2.85. The lowest BCUT2D eigenvalue weighted by molar-refractivity contribution is 0.0827. The predicted molar refractivity (Wildman–Crippen MR) is 66.0 cm³/mol. The molecule has 0 spiro atoms. The minimum absolute atomic E-state index is 0.0167. The number of carbonyl (C=O) groups excluding carboxylic acids is 1. The van der Waals surface area contributed by atoms with Crippen LogP contribution in [0.4, 0.5) is 0 Å². The summed E-state index contributed by atoms with van der Waals surface area (Å²) in [6.07, 6.45) is 6.92. The van der Waals surface area contributed by atoms with Gasteiger partial charge < -0.3 is 10.2 Å². The fourth-order valence-corrected chi connectivity index (χ4v) is 2.17. The molecule has 17 heavy (non-hydrogen) atoms. The van der Waals surface area contributed by atoms with Gasteiger partial charge in [-0.2, -0.15) is 5.10 Å². The monoisotopic (exact) mass is 236 g/mol. The average Bonchev–Trinajstić information content (AvgIpc) is 2.64. The van der Waals surface area contributed by atoms with Gasteiger partial charge in [-0.05, 0) is 32.4 Å². The second-order valence-electron chi connectivity index (χ2n) is 4.74. The van der Waals surface area contributed by atoms with Gasteiger partial charge in [-0.3, -0.25) is 9.48 Å². The molecule has 1 aromatic rings. The summed E-state index contributed by atoms with van der Waals surface area (Å²) in [6, 6.07) is 0.425. The Morgan fingerprint density at radius 2 is 2.29 bits per heavy atom. The normalized spacial score (nSPS) is 20.9. The van der Waals surface area contributed by atoms with E-state index in [9.17, 15) is 4.79 Å². The Hall–Kier alpha value is -1.36. The van der Waals surface area contributed by atoms with Gasteiger partial charge >= 0.3 is 0 Å². The molecule has 1 atom stereocenters. The van der Waals surface area contributed by atoms with E-state index >= 15 is 0 Å². The third-order valence-corrected chi connectivity index (χ3v) is 3.17. The summed E-state index contributed by atoms with van der Waals surface area (Å²) in [6.45, 7) is 2.11. The van der Waals surface area contributed by atoms with Crippen molar-refractivity contribution in [3.63, 3.8) is 0 Å². The number of rotatable bonds is 2. The highest BCUT2D eigenvalue weighted by Crippen LogP contribution is 2.19. The minimum atomic E-state index is 0.0167. The predicted octanol–water partition coefficient (Wildman–Crippen LogP) is 0.899. The van der Waals surface area contributed by atoms with E-state index in [1.807, 2.05) is 10.9 Å². The number of aromatic nitrogens is 2. The summed E-state index contributed by atoms with van der Waals surface area (Å²) >= 11 is 0. The molecule has 0 bridgehead atoms. The van der Waals surface area contributed by atoms with Crippen LogP contribution < -0.4 is 5.32 Å². The van der Waals surface area contributed by atoms with E-state index in [0.717, 1.165) is 25.9 Å². The van der Waals surface area contributed by atoms with Gasteiger partial charge in [0.1, 0.15) is 0 Å². The van der Waals surface area contributed by atoms with Crippen molar-refractivity contribution in [2.75, 3.05) is 27.2 Å². The van der Waals surface area contributed by atoms with Crippen molar-refractivity contribution in [2.24, 2.45) is 0 Å². The molecule has 0 unspecified atom stereocenters. The van der Waals surface area contributed by atoms with Gasteiger partial charge in [0.15, 0.2) is 0 Å². The zero-order valence-electron chi connectivity index (χ0n) is 10.5. The van der Waals surface area contributed by atoms with E-state index in [2.05, 4.69) is 10.4 Å². The standard InChI is InChI=1S/C12H20N4O/c1-15(2)12(17)10-8-14-16(9-10)11-4-3-6-13-7-5-11/h8-9,11,13H,3-7H2,1-2H3/t11-/m0/s1. The van der Waals surface area contributed by atoms with E-state index in [1.165, 1.54) is 6.42 Å². The Labute approximate surface area is 102 Å². The highest BCUT2D eigenvalue weighted by atomic mass is 16.2. The van der Waals surface area contributed by atoms with Crippen LogP contribution in [-0.4, -0.2) is 47.8 Å². The number of carbonyl (C=O) groups is 1. The Kier molecular flexibility index (Phi) is 3.78. The molecule has 1 saturated heterocycles. The van der Waals surface area contributed by atoms with E-state index in [0.29, 0.717) is 11.6 Å². The smallest absolute Gasteiger partial charge is 0.256 e. The molecule has 0 radical (unpaired) electrons. The molecule has 1 amide bonds. The topological polar surface area (TPSA) is 50.2 Å². The van der Waals surface area contributed by atoms with Gasteiger partial charge in [0.2, 0.25) is 0 Å². The Bertz CT molecular complexity index is 378. The van der Waals surface area contributed by atoms with E-state index < -0.39 is 0 Å². The van der Waals surface area contributed by atoms with E-state index in [-0.39, 0.29) is 5.91 Å². The molecule has 2 rings (SSSR count). The lowest BCUT2D eigenvalue weighted by Gasteiger charge is -2.14. The number of amides is 1. The molecule has 0 aromatic carbocycles. The SMILES string of the molecule is CN(C)C(=O)c1cnn([C@H]2CCCNCC2)c1. The van der Waals surface area contributed by atoms with Crippen molar-refractivity contribution >= 4 is 5.91 Å². The number of nitrogens with zero attached hydrogens (tertiary/aromatic N) is 3. The molecule has 2 heterocycles. The third-order valence-electron chi connectivity index (χ3n) is 3.17. The van der Waals surface area contributed by atoms with Crippen LogP contribution in [0.2, 0.25) is 0 Å².